The van der Waals surface area contributed by atoms with Gasteiger partial charge in [-0.25, -0.2) is 0 Å². The van der Waals surface area contributed by atoms with Gasteiger partial charge in [-0.15, -0.1) is 0 Å². The summed E-state index contributed by atoms with van der Waals surface area (Å²) >= 11 is 0. The van der Waals surface area contributed by atoms with E-state index in [1.165, 1.54) is 53.5 Å². The van der Waals surface area contributed by atoms with Gasteiger partial charge in [0, 0.05) is 0 Å². The molecule has 0 aromatic heterocycles. The van der Waals surface area contributed by atoms with Gasteiger partial charge in [0.05, 0.1) is 6.04 Å². The van der Waals surface area contributed by atoms with Crippen LogP contribution in [-0.2, 0) is 12.8 Å². The molecule has 1 heteroatoms. The molecule has 1 aliphatic rings. The molecule has 2 aromatic rings. The number of fused-ring (bicyclic) bond motifs is 1. The Morgan fingerprint density at radius 1 is 0.905 bits per heavy atom. The first-order valence-electron chi connectivity index (χ1n) is 8.16. The van der Waals surface area contributed by atoms with E-state index in [-0.39, 0.29) is 6.04 Å². The van der Waals surface area contributed by atoms with E-state index in [2.05, 4.69) is 56.3 Å². The molecule has 0 bridgehead atoms. The van der Waals surface area contributed by atoms with Crippen molar-refractivity contribution in [1.82, 2.24) is 0 Å². The summed E-state index contributed by atoms with van der Waals surface area (Å²) < 4.78 is 0. The summed E-state index contributed by atoms with van der Waals surface area (Å²) in [6, 6.07) is 15.6. The van der Waals surface area contributed by atoms with Crippen LogP contribution in [0.4, 0.5) is 0 Å². The number of hydrogen-bond donors (Lipinski definition) is 1. The van der Waals surface area contributed by atoms with Gasteiger partial charge in [0.1, 0.15) is 0 Å². The van der Waals surface area contributed by atoms with Crippen LogP contribution < -0.4 is 5.73 Å². The minimum absolute atomic E-state index is 0.0121. The molecule has 0 saturated heterocycles. The molecular weight excluding hydrogens is 254 g/mol. The van der Waals surface area contributed by atoms with E-state index in [1.54, 1.807) is 0 Å². The SMILES string of the molecule is CCC(C)c1ccc(C(N)c2ccc3c(c2)CCC3)cc1. The van der Waals surface area contributed by atoms with Crippen molar-refractivity contribution in [3.05, 3.63) is 70.3 Å². The summed E-state index contributed by atoms with van der Waals surface area (Å²) in [5.74, 6) is 0.621. The van der Waals surface area contributed by atoms with Gasteiger partial charge >= 0.3 is 0 Å². The van der Waals surface area contributed by atoms with Gasteiger partial charge in [-0.05, 0) is 59.4 Å². The average Bonchev–Trinajstić information content (AvgIpc) is 3.01. The highest BCUT2D eigenvalue weighted by atomic mass is 14.6. The number of nitrogens with two attached hydrogens (primary N) is 1. The molecule has 0 spiro atoms. The predicted octanol–water partition coefficient (Wildman–Crippen LogP) is 4.74. The van der Waals surface area contributed by atoms with Gasteiger partial charge < -0.3 is 5.73 Å². The van der Waals surface area contributed by atoms with E-state index in [0.717, 1.165) is 0 Å². The summed E-state index contributed by atoms with van der Waals surface area (Å²) in [4.78, 5) is 0. The minimum atomic E-state index is -0.0121. The highest BCUT2D eigenvalue weighted by Crippen LogP contribution is 2.28. The lowest BCUT2D eigenvalue weighted by Gasteiger charge is -2.16. The van der Waals surface area contributed by atoms with Crippen LogP contribution in [0.15, 0.2) is 42.5 Å². The van der Waals surface area contributed by atoms with Crippen LogP contribution >= 0.6 is 0 Å². The summed E-state index contributed by atoms with van der Waals surface area (Å²) in [6.45, 7) is 4.50. The van der Waals surface area contributed by atoms with Crippen LogP contribution in [-0.4, -0.2) is 0 Å². The third-order valence-electron chi connectivity index (χ3n) is 4.96. The Balaban J connectivity index is 1.83. The van der Waals surface area contributed by atoms with E-state index >= 15 is 0 Å². The minimum Gasteiger partial charge on any atom is -0.320 e. The first-order valence-corrected chi connectivity index (χ1v) is 8.16. The zero-order valence-electron chi connectivity index (χ0n) is 13.1. The quantitative estimate of drug-likeness (QED) is 0.859. The topological polar surface area (TPSA) is 26.0 Å². The van der Waals surface area contributed by atoms with Crippen molar-refractivity contribution in [1.29, 1.82) is 0 Å². The van der Waals surface area contributed by atoms with Gasteiger partial charge in [-0.1, -0.05) is 56.3 Å². The fourth-order valence-electron chi connectivity index (χ4n) is 3.25. The van der Waals surface area contributed by atoms with E-state index in [1.807, 2.05) is 0 Å². The van der Waals surface area contributed by atoms with Crippen molar-refractivity contribution in [2.24, 2.45) is 5.73 Å². The van der Waals surface area contributed by atoms with E-state index < -0.39 is 0 Å². The highest BCUT2D eigenvalue weighted by molar-refractivity contribution is 5.40. The second-order valence-corrected chi connectivity index (χ2v) is 6.34. The maximum Gasteiger partial charge on any atom is 0.0551 e. The second kappa shape index (κ2) is 6.03. The highest BCUT2D eigenvalue weighted by Gasteiger charge is 2.15. The molecule has 0 aliphatic heterocycles. The van der Waals surface area contributed by atoms with Gasteiger partial charge in [0.2, 0.25) is 0 Å². The standard InChI is InChI=1S/C20H25N/c1-3-14(2)15-7-10-17(11-8-15)20(21)19-12-9-16-5-4-6-18(16)13-19/h7-14,20H,3-6,21H2,1-2H3. The second-order valence-electron chi connectivity index (χ2n) is 6.34. The van der Waals surface area contributed by atoms with Gasteiger partial charge in [-0.2, -0.15) is 0 Å². The fraction of sp³-hybridized carbons (Fsp3) is 0.400. The molecular formula is C20H25N. The molecule has 2 N–H and O–H groups in total. The Hall–Kier alpha value is -1.60. The number of benzene rings is 2. The Morgan fingerprint density at radius 3 is 2.24 bits per heavy atom. The molecule has 0 fully saturated rings. The monoisotopic (exact) mass is 279 g/mol. The van der Waals surface area contributed by atoms with Crippen molar-refractivity contribution in [2.75, 3.05) is 0 Å². The number of aryl methyl sites for hydroxylation is 2. The largest absolute Gasteiger partial charge is 0.320 e. The summed E-state index contributed by atoms with van der Waals surface area (Å²) in [5.41, 5.74) is 13.3. The van der Waals surface area contributed by atoms with E-state index in [0.29, 0.717) is 5.92 Å². The zero-order chi connectivity index (χ0) is 14.8. The maximum atomic E-state index is 6.47. The van der Waals surface area contributed by atoms with Crippen molar-refractivity contribution in [3.63, 3.8) is 0 Å². The van der Waals surface area contributed by atoms with Crippen LogP contribution in [0, 0.1) is 0 Å². The molecule has 0 amide bonds. The van der Waals surface area contributed by atoms with Crippen molar-refractivity contribution in [2.45, 2.75) is 51.5 Å². The number of hydrogen-bond acceptors (Lipinski definition) is 1. The molecule has 3 rings (SSSR count). The molecule has 110 valence electrons. The zero-order valence-corrected chi connectivity index (χ0v) is 13.1. The Labute approximate surface area is 128 Å². The predicted molar refractivity (Wildman–Crippen MR) is 89.6 cm³/mol. The van der Waals surface area contributed by atoms with Crippen molar-refractivity contribution in [3.8, 4) is 0 Å². The maximum absolute atomic E-state index is 6.47. The third kappa shape index (κ3) is 2.89. The Morgan fingerprint density at radius 2 is 1.52 bits per heavy atom. The first-order chi connectivity index (χ1) is 10.2. The average molecular weight is 279 g/mol. The molecule has 2 atom stereocenters. The van der Waals surface area contributed by atoms with Gasteiger partial charge in [0.15, 0.2) is 0 Å². The Kier molecular flexibility index (Phi) is 4.12. The Bertz CT molecular complexity index is 612. The fourth-order valence-corrected chi connectivity index (χ4v) is 3.25. The molecule has 2 aromatic carbocycles. The summed E-state index contributed by atoms with van der Waals surface area (Å²) in [7, 11) is 0. The van der Waals surface area contributed by atoms with Crippen LogP contribution in [0.2, 0.25) is 0 Å². The van der Waals surface area contributed by atoms with Crippen LogP contribution in [0.3, 0.4) is 0 Å². The lowest BCUT2D eigenvalue weighted by Crippen LogP contribution is -2.12. The van der Waals surface area contributed by atoms with Crippen molar-refractivity contribution < 1.29 is 0 Å². The van der Waals surface area contributed by atoms with Crippen LogP contribution in [0.1, 0.15) is 66.5 Å². The normalized spacial score (nSPS) is 16.5. The molecule has 0 saturated carbocycles. The van der Waals surface area contributed by atoms with E-state index in [9.17, 15) is 0 Å². The molecule has 21 heavy (non-hydrogen) atoms. The lowest BCUT2D eigenvalue weighted by molar-refractivity contribution is 0.732. The summed E-state index contributed by atoms with van der Waals surface area (Å²) in [5, 5.41) is 0. The molecule has 0 heterocycles. The van der Waals surface area contributed by atoms with Crippen molar-refractivity contribution >= 4 is 0 Å². The third-order valence-corrected chi connectivity index (χ3v) is 4.96. The molecule has 2 unspecified atom stereocenters. The van der Waals surface area contributed by atoms with Crippen LogP contribution in [0.5, 0.6) is 0 Å². The van der Waals surface area contributed by atoms with Crippen LogP contribution in [0.25, 0.3) is 0 Å². The lowest BCUT2D eigenvalue weighted by atomic mass is 9.93. The number of rotatable bonds is 4. The molecule has 1 aliphatic carbocycles. The van der Waals surface area contributed by atoms with E-state index in [4.69, 9.17) is 5.73 Å². The molecule has 1 nitrogen and oxygen atoms in total. The smallest absolute Gasteiger partial charge is 0.0551 e. The first kappa shape index (κ1) is 14.3. The van der Waals surface area contributed by atoms with Gasteiger partial charge in [0.25, 0.3) is 0 Å². The molecule has 0 radical (unpaired) electrons. The summed E-state index contributed by atoms with van der Waals surface area (Å²) in [6.07, 6.45) is 4.91. The van der Waals surface area contributed by atoms with Gasteiger partial charge in [-0.3, -0.25) is 0 Å².